The summed E-state index contributed by atoms with van der Waals surface area (Å²) in [5.74, 6) is 0.396. The molecular weight excluding hydrogens is 419 g/mol. The second-order valence-corrected chi connectivity index (χ2v) is 7.38. The van der Waals surface area contributed by atoms with E-state index in [1.165, 1.54) is 4.57 Å². The van der Waals surface area contributed by atoms with Gasteiger partial charge in [-0.25, -0.2) is 4.39 Å². The SMILES string of the molecule is Cn1cc(-c2cn(-c3ccc(OCF)cc3)c(=O)cc2NCc2ccc(Cl)cc2)cn1. The Bertz CT molecular complexity index is 1230. The summed E-state index contributed by atoms with van der Waals surface area (Å²) >= 11 is 5.96. The fourth-order valence-electron chi connectivity index (χ4n) is 3.24. The van der Waals surface area contributed by atoms with Crippen molar-refractivity contribution in [2.75, 3.05) is 12.2 Å². The lowest BCUT2D eigenvalue weighted by atomic mass is 10.1. The molecule has 0 spiro atoms. The summed E-state index contributed by atoms with van der Waals surface area (Å²) in [6, 6.07) is 15.7. The number of rotatable bonds is 7. The Morgan fingerprint density at radius 2 is 1.84 bits per heavy atom. The zero-order valence-corrected chi connectivity index (χ0v) is 17.5. The van der Waals surface area contributed by atoms with Gasteiger partial charge in [0.15, 0.2) is 0 Å². The lowest BCUT2D eigenvalue weighted by Crippen LogP contribution is -2.18. The number of aryl methyl sites for hydroxylation is 1. The number of pyridine rings is 1. The van der Waals surface area contributed by atoms with Crippen molar-refractivity contribution in [3.8, 4) is 22.6 Å². The van der Waals surface area contributed by atoms with Crippen LogP contribution in [0.2, 0.25) is 5.02 Å². The molecule has 0 saturated heterocycles. The van der Waals surface area contributed by atoms with Gasteiger partial charge in [-0.1, -0.05) is 23.7 Å². The van der Waals surface area contributed by atoms with E-state index in [1.807, 2.05) is 37.5 Å². The molecular formula is C23H20ClFN4O2. The second kappa shape index (κ2) is 9.06. The molecule has 6 nitrogen and oxygen atoms in total. The van der Waals surface area contributed by atoms with Crippen LogP contribution in [0.1, 0.15) is 5.56 Å². The number of aromatic nitrogens is 3. The molecule has 0 aliphatic carbocycles. The predicted molar refractivity (Wildman–Crippen MR) is 120 cm³/mol. The van der Waals surface area contributed by atoms with E-state index >= 15 is 0 Å². The minimum atomic E-state index is -0.904. The molecule has 1 N–H and O–H groups in total. The van der Waals surface area contributed by atoms with Crippen LogP contribution in [0.5, 0.6) is 5.75 Å². The third kappa shape index (κ3) is 4.78. The summed E-state index contributed by atoms with van der Waals surface area (Å²) in [7, 11) is 1.84. The fraction of sp³-hybridized carbons (Fsp3) is 0.130. The van der Waals surface area contributed by atoms with Crippen molar-refractivity contribution >= 4 is 17.3 Å². The molecule has 8 heteroatoms. The second-order valence-electron chi connectivity index (χ2n) is 6.94. The number of nitrogens with one attached hydrogen (secondary N) is 1. The van der Waals surface area contributed by atoms with Crippen LogP contribution in [0, 0.1) is 0 Å². The van der Waals surface area contributed by atoms with Gasteiger partial charge in [0.2, 0.25) is 6.86 Å². The molecule has 2 heterocycles. The van der Waals surface area contributed by atoms with Crippen LogP contribution in [0.4, 0.5) is 10.1 Å². The topological polar surface area (TPSA) is 61.1 Å². The van der Waals surface area contributed by atoms with Crippen molar-refractivity contribution in [3.05, 3.63) is 94.1 Å². The molecule has 0 amide bonds. The Balaban J connectivity index is 1.71. The summed E-state index contributed by atoms with van der Waals surface area (Å²) in [5.41, 5.74) is 3.87. The van der Waals surface area contributed by atoms with E-state index in [4.69, 9.17) is 16.3 Å². The van der Waals surface area contributed by atoms with E-state index in [-0.39, 0.29) is 5.56 Å². The van der Waals surface area contributed by atoms with E-state index in [9.17, 15) is 9.18 Å². The molecule has 0 bridgehead atoms. The Labute approximate surface area is 183 Å². The molecule has 31 heavy (non-hydrogen) atoms. The van der Waals surface area contributed by atoms with Crippen LogP contribution < -0.4 is 15.6 Å². The Morgan fingerprint density at radius 1 is 1.10 bits per heavy atom. The number of ether oxygens (including phenoxy) is 1. The van der Waals surface area contributed by atoms with Gasteiger partial charge in [-0.05, 0) is 42.0 Å². The highest BCUT2D eigenvalue weighted by Gasteiger charge is 2.12. The molecule has 0 atom stereocenters. The van der Waals surface area contributed by atoms with Crippen molar-refractivity contribution in [2.24, 2.45) is 7.05 Å². The molecule has 0 aliphatic rings. The van der Waals surface area contributed by atoms with Crippen molar-refractivity contribution in [3.63, 3.8) is 0 Å². The monoisotopic (exact) mass is 438 g/mol. The molecule has 0 fully saturated rings. The van der Waals surface area contributed by atoms with Crippen LogP contribution >= 0.6 is 11.6 Å². The van der Waals surface area contributed by atoms with Gasteiger partial charge in [-0.3, -0.25) is 14.0 Å². The highest BCUT2D eigenvalue weighted by Crippen LogP contribution is 2.28. The van der Waals surface area contributed by atoms with Crippen molar-refractivity contribution in [2.45, 2.75) is 6.54 Å². The van der Waals surface area contributed by atoms with E-state index < -0.39 is 6.86 Å². The summed E-state index contributed by atoms with van der Waals surface area (Å²) in [4.78, 5) is 12.9. The van der Waals surface area contributed by atoms with E-state index in [0.29, 0.717) is 28.7 Å². The number of alkyl halides is 1. The maximum Gasteiger partial charge on any atom is 0.257 e. The first-order chi connectivity index (χ1) is 15.0. The van der Waals surface area contributed by atoms with Crippen molar-refractivity contribution in [1.29, 1.82) is 0 Å². The number of nitrogens with zero attached hydrogens (tertiary/aromatic N) is 3. The lowest BCUT2D eigenvalue weighted by Gasteiger charge is -2.15. The number of benzene rings is 2. The van der Waals surface area contributed by atoms with Crippen molar-refractivity contribution in [1.82, 2.24) is 14.3 Å². The zero-order valence-electron chi connectivity index (χ0n) is 16.8. The van der Waals surface area contributed by atoms with Crippen LogP contribution in [-0.2, 0) is 13.6 Å². The minimum Gasteiger partial charge on any atom is -0.463 e. The average molecular weight is 439 g/mol. The van der Waals surface area contributed by atoms with Gasteiger partial charge in [0.1, 0.15) is 5.75 Å². The van der Waals surface area contributed by atoms with E-state index in [0.717, 1.165) is 16.7 Å². The molecule has 0 unspecified atom stereocenters. The average Bonchev–Trinajstić information content (AvgIpc) is 3.20. The quantitative estimate of drug-likeness (QED) is 0.450. The molecule has 2 aromatic carbocycles. The van der Waals surface area contributed by atoms with E-state index in [1.54, 1.807) is 47.4 Å². The predicted octanol–water partition coefficient (Wildman–Crippen LogP) is 4.81. The largest absolute Gasteiger partial charge is 0.463 e. The van der Waals surface area contributed by atoms with Crippen molar-refractivity contribution < 1.29 is 9.13 Å². The standard InChI is InChI=1S/C23H20ClFN4O2/c1-28-13-17(12-27-28)21-14-29(19-6-8-20(9-7-19)31-15-25)23(30)10-22(21)26-11-16-2-4-18(24)5-3-16/h2-10,12-14,26H,11,15H2,1H3. The Kier molecular flexibility index (Phi) is 6.04. The molecule has 4 aromatic rings. The molecule has 4 rings (SSSR count). The summed E-state index contributed by atoms with van der Waals surface area (Å²) < 4.78 is 20.5. The smallest absolute Gasteiger partial charge is 0.257 e. The highest BCUT2D eigenvalue weighted by molar-refractivity contribution is 6.30. The maximum absolute atomic E-state index is 12.9. The van der Waals surface area contributed by atoms with Crippen LogP contribution in [0.3, 0.4) is 0 Å². The molecule has 158 valence electrons. The minimum absolute atomic E-state index is 0.203. The Morgan fingerprint density at radius 3 is 2.48 bits per heavy atom. The number of anilines is 1. The van der Waals surface area contributed by atoms with E-state index in [2.05, 4.69) is 10.4 Å². The molecule has 0 aliphatic heterocycles. The first-order valence-corrected chi connectivity index (χ1v) is 9.94. The summed E-state index contributed by atoms with van der Waals surface area (Å²) in [6.07, 6.45) is 5.40. The van der Waals surface area contributed by atoms with Crippen LogP contribution in [0.15, 0.2) is 78.0 Å². The van der Waals surface area contributed by atoms with Crippen LogP contribution in [0.25, 0.3) is 16.8 Å². The lowest BCUT2D eigenvalue weighted by molar-refractivity contribution is 0.192. The first kappa shape index (κ1) is 20.7. The highest BCUT2D eigenvalue weighted by atomic mass is 35.5. The summed E-state index contributed by atoms with van der Waals surface area (Å²) in [6.45, 7) is -0.373. The number of hydrogen-bond acceptors (Lipinski definition) is 4. The third-order valence-electron chi connectivity index (χ3n) is 4.80. The summed E-state index contributed by atoms with van der Waals surface area (Å²) in [5, 5.41) is 8.27. The van der Waals surface area contributed by atoms with Gasteiger partial charge in [-0.15, -0.1) is 0 Å². The molecule has 2 aromatic heterocycles. The number of hydrogen-bond donors (Lipinski definition) is 1. The van der Waals surface area contributed by atoms with Gasteiger partial charge in [0.25, 0.3) is 5.56 Å². The molecule has 0 radical (unpaired) electrons. The Hall–Kier alpha value is -3.58. The van der Waals surface area contributed by atoms with Gasteiger partial charge < -0.3 is 10.1 Å². The third-order valence-corrected chi connectivity index (χ3v) is 5.05. The molecule has 0 saturated carbocycles. The van der Waals surface area contributed by atoms with Crippen LogP contribution in [-0.4, -0.2) is 21.2 Å². The fourth-order valence-corrected chi connectivity index (χ4v) is 3.36. The van der Waals surface area contributed by atoms with Gasteiger partial charge in [0, 0.05) is 59.6 Å². The van der Waals surface area contributed by atoms with Gasteiger partial charge in [-0.2, -0.15) is 5.10 Å². The van der Waals surface area contributed by atoms with Gasteiger partial charge >= 0.3 is 0 Å². The zero-order chi connectivity index (χ0) is 21.8. The maximum atomic E-state index is 12.9. The van der Waals surface area contributed by atoms with Gasteiger partial charge in [0.05, 0.1) is 6.20 Å². The number of halogens is 2. The first-order valence-electron chi connectivity index (χ1n) is 9.57. The normalized spacial score (nSPS) is 10.8.